The summed E-state index contributed by atoms with van der Waals surface area (Å²) < 4.78 is 10.7. The lowest BCUT2D eigenvalue weighted by molar-refractivity contribution is 0.0696. The van der Waals surface area contributed by atoms with Gasteiger partial charge >= 0.3 is 5.97 Å². The number of carbonyl (C=O) groups is 1. The monoisotopic (exact) mass is 318 g/mol. The zero-order chi connectivity index (χ0) is 15.8. The fourth-order valence-corrected chi connectivity index (χ4v) is 2.74. The Labute approximate surface area is 134 Å². The maximum absolute atomic E-state index is 11.1. The molecule has 0 radical (unpaired) electrons. The number of aromatic carboxylic acids is 1. The van der Waals surface area contributed by atoms with Gasteiger partial charge in [0.25, 0.3) is 0 Å². The summed E-state index contributed by atoms with van der Waals surface area (Å²) in [7, 11) is 1.63. The molecular weight excluding hydrogens is 300 g/mol. The zero-order valence-electron chi connectivity index (χ0n) is 12.3. The number of hydrogen-bond acceptors (Lipinski definition) is 4. The second kappa shape index (κ2) is 8.34. The normalized spacial score (nSPS) is 10.2. The highest BCUT2D eigenvalue weighted by Gasteiger charge is 2.08. The molecule has 0 saturated heterocycles. The van der Waals surface area contributed by atoms with Crippen LogP contribution < -0.4 is 9.47 Å². The van der Waals surface area contributed by atoms with E-state index in [4.69, 9.17) is 14.6 Å². The first-order valence-electron chi connectivity index (χ1n) is 6.86. The second-order valence-electron chi connectivity index (χ2n) is 4.54. The minimum Gasteiger partial charge on any atom is -0.497 e. The van der Waals surface area contributed by atoms with Crippen LogP contribution in [-0.2, 0) is 5.75 Å². The topological polar surface area (TPSA) is 55.8 Å². The second-order valence-corrected chi connectivity index (χ2v) is 5.64. The average Bonchev–Trinajstić information content (AvgIpc) is 2.55. The summed E-state index contributed by atoms with van der Waals surface area (Å²) in [6.45, 7) is 0.576. The number of rotatable bonds is 8. The standard InChI is InChI=1S/C17H18O4S/c1-20-14-6-8-15(9-7-14)21-10-11-22-12-13-4-2-3-5-16(13)17(18)19/h2-9H,10-12H2,1H3,(H,18,19). The van der Waals surface area contributed by atoms with Gasteiger partial charge in [0.1, 0.15) is 11.5 Å². The van der Waals surface area contributed by atoms with Crippen LogP contribution in [0.15, 0.2) is 48.5 Å². The predicted molar refractivity (Wildman–Crippen MR) is 88.1 cm³/mol. The lowest BCUT2D eigenvalue weighted by Gasteiger charge is -2.08. The molecule has 2 aromatic rings. The van der Waals surface area contributed by atoms with Crippen molar-refractivity contribution in [1.29, 1.82) is 0 Å². The summed E-state index contributed by atoms with van der Waals surface area (Å²) in [5, 5.41) is 9.12. The van der Waals surface area contributed by atoms with Gasteiger partial charge in [0.2, 0.25) is 0 Å². The van der Waals surface area contributed by atoms with Crippen LogP contribution in [0.2, 0.25) is 0 Å². The summed E-state index contributed by atoms with van der Waals surface area (Å²) >= 11 is 1.65. The van der Waals surface area contributed by atoms with E-state index < -0.39 is 5.97 Å². The van der Waals surface area contributed by atoms with Crippen LogP contribution in [0.3, 0.4) is 0 Å². The molecule has 2 rings (SSSR count). The number of carboxylic acids is 1. The van der Waals surface area contributed by atoms with E-state index in [1.54, 1.807) is 31.0 Å². The fraction of sp³-hybridized carbons (Fsp3) is 0.235. The molecular formula is C17H18O4S. The number of benzene rings is 2. The van der Waals surface area contributed by atoms with Crippen molar-refractivity contribution in [2.45, 2.75) is 5.75 Å². The summed E-state index contributed by atoms with van der Waals surface area (Å²) in [6, 6.07) is 14.5. The van der Waals surface area contributed by atoms with E-state index in [9.17, 15) is 4.79 Å². The molecule has 5 heteroatoms. The molecule has 0 saturated carbocycles. The Hall–Kier alpha value is -2.14. The first kappa shape index (κ1) is 16.2. The van der Waals surface area contributed by atoms with Crippen LogP contribution >= 0.6 is 11.8 Å². The van der Waals surface area contributed by atoms with Crippen LogP contribution in [0.25, 0.3) is 0 Å². The Morgan fingerprint density at radius 1 is 1.09 bits per heavy atom. The first-order chi connectivity index (χ1) is 10.7. The summed E-state index contributed by atoms with van der Waals surface area (Å²) in [5.41, 5.74) is 1.20. The van der Waals surface area contributed by atoms with Crippen molar-refractivity contribution in [1.82, 2.24) is 0 Å². The molecule has 1 N–H and O–H groups in total. The summed E-state index contributed by atoms with van der Waals surface area (Å²) in [6.07, 6.45) is 0. The highest BCUT2D eigenvalue weighted by atomic mass is 32.2. The average molecular weight is 318 g/mol. The number of ether oxygens (including phenoxy) is 2. The number of carboxylic acid groups (broad SMARTS) is 1. The lowest BCUT2D eigenvalue weighted by Crippen LogP contribution is -2.03. The number of methoxy groups -OCH3 is 1. The number of hydrogen-bond donors (Lipinski definition) is 1. The minimum absolute atomic E-state index is 0.367. The van der Waals surface area contributed by atoms with Gasteiger partial charge in [-0.15, -0.1) is 0 Å². The molecule has 0 bridgehead atoms. The smallest absolute Gasteiger partial charge is 0.335 e. The van der Waals surface area contributed by atoms with Gasteiger partial charge in [0.15, 0.2) is 0 Å². The first-order valence-corrected chi connectivity index (χ1v) is 8.02. The maximum Gasteiger partial charge on any atom is 0.335 e. The molecule has 4 nitrogen and oxygen atoms in total. The van der Waals surface area contributed by atoms with Gasteiger partial charge in [0.05, 0.1) is 19.3 Å². The Kier molecular flexibility index (Phi) is 6.15. The predicted octanol–water partition coefficient (Wildman–Crippen LogP) is 3.71. The van der Waals surface area contributed by atoms with Crippen molar-refractivity contribution in [2.75, 3.05) is 19.5 Å². The van der Waals surface area contributed by atoms with Gasteiger partial charge in [-0.2, -0.15) is 11.8 Å². The third kappa shape index (κ3) is 4.70. The summed E-state index contributed by atoms with van der Waals surface area (Å²) in [5.74, 6) is 2.17. The Bertz CT molecular complexity index is 610. The molecule has 0 aliphatic heterocycles. The van der Waals surface area contributed by atoms with Gasteiger partial charge in [0, 0.05) is 11.5 Å². The summed E-state index contributed by atoms with van der Waals surface area (Å²) in [4.78, 5) is 11.1. The van der Waals surface area contributed by atoms with Gasteiger partial charge in [-0.25, -0.2) is 4.79 Å². The zero-order valence-corrected chi connectivity index (χ0v) is 13.1. The van der Waals surface area contributed by atoms with Gasteiger partial charge in [-0.1, -0.05) is 18.2 Å². The van der Waals surface area contributed by atoms with Gasteiger partial charge in [-0.05, 0) is 35.9 Å². The van der Waals surface area contributed by atoms with Crippen molar-refractivity contribution in [2.24, 2.45) is 0 Å². The van der Waals surface area contributed by atoms with Crippen LogP contribution in [-0.4, -0.2) is 30.5 Å². The largest absolute Gasteiger partial charge is 0.497 e. The molecule has 22 heavy (non-hydrogen) atoms. The van der Waals surface area contributed by atoms with Crippen LogP contribution in [0.5, 0.6) is 11.5 Å². The van der Waals surface area contributed by atoms with E-state index in [2.05, 4.69) is 0 Å². The van der Waals surface area contributed by atoms with E-state index >= 15 is 0 Å². The Morgan fingerprint density at radius 2 is 1.77 bits per heavy atom. The Balaban J connectivity index is 1.74. The quantitative estimate of drug-likeness (QED) is 0.752. The van der Waals surface area contributed by atoms with Crippen LogP contribution in [0, 0.1) is 0 Å². The molecule has 0 aliphatic rings. The van der Waals surface area contributed by atoms with E-state index in [1.165, 1.54) is 0 Å². The highest BCUT2D eigenvalue weighted by Crippen LogP contribution is 2.19. The van der Waals surface area contributed by atoms with Crippen molar-refractivity contribution in [3.63, 3.8) is 0 Å². The molecule has 0 spiro atoms. The van der Waals surface area contributed by atoms with E-state index in [-0.39, 0.29) is 0 Å². The third-order valence-electron chi connectivity index (χ3n) is 3.06. The molecule has 116 valence electrons. The van der Waals surface area contributed by atoms with E-state index in [0.717, 1.165) is 22.8 Å². The lowest BCUT2D eigenvalue weighted by atomic mass is 10.1. The molecule has 0 fully saturated rings. The Morgan fingerprint density at radius 3 is 2.45 bits per heavy atom. The SMILES string of the molecule is COc1ccc(OCCSCc2ccccc2C(=O)O)cc1. The van der Waals surface area contributed by atoms with Gasteiger partial charge in [-0.3, -0.25) is 0 Å². The fourth-order valence-electron chi connectivity index (χ4n) is 1.93. The molecule has 0 aliphatic carbocycles. The maximum atomic E-state index is 11.1. The van der Waals surface area contributed by atoms with Crippen molar-refractivity contribution in [3.8, 4) is 11.5 Å². The van der Waals surface area contributed by atoms with Crippen molar-refractivity contribution < 1.29 is 19.4 Å². The van der Waals surface area contributed by atoms with Crippen molar-refractivity contribution >= 4 is 17.7 Å². The molecule has 0 unspecified atom stereocenters. The highest BCUT2D eigenvalue weighted by molar-refractivity contribution is 7.98. The minimum atomic E-state index is -0.884. The van der Waals surface area contributed by atoms with Gasteiger partial charge < -0.3 is 14.6 Å². The van der Waals surface area contributed by atoms with Crippen LogP contribution in [0.4, 0.5) is 0 Å². The molecule has 0 atom stereocenters. The van der Waals surface area contributed by atoms with Crippen LogP contribution in [0.1, 0.15) is 15.9 Å². The molecule has 2 aromatic carbocycles. The third-order valence-corrected chi connectivity index (χ3v) is 4.03. The van der Waals surface area contributed by atoms with E-state index in [1.807, 2.05) is 36.4 Å². The molecule has 0 aromatic heterocycles. The molecule has 0 heterocycles. The molecule has 0 amide bonds. The van der Waals surface area contributed by atoms with Crippen molar-refractivity contribution in [3.05, 3.63) is 59.7 Å². The van der Waals surface area contributed by atoms with E-state index in [0.29, 0.717) is 17.9 Å². The number of thioether (sulfide) groups is 1.